The zero-order valence-electron chi connectivity index (χ0n) is 14.2. The van der Waals surface area contributed by atoms with Crippen molar-refractivity contribution < 1.29 is 14.6 Å². The van der Waals surface area contributed by atoms with E-state index in [0.29, 0.717) is 5.92 Å². The Morgan fingerprint density at radius 2 is 1.82 bits per heavy atom. The fourth-order valence-electron chi connectivity index (χ4n) is 5.12. The van der Waals surface area contributed by atoms with Gasteiger partial charge in [0.2, 0.25) is 0 Å². The normalized spacial score (nSPS) is 33.8. The summed E-state index contributed by atoms with van der Waals surface area (Å²) < 4.78 is 11.0. The predicted molar refractivity (Wildman–Crippen MR) is 87.8 cm³/mol. The highest BCUT2D eigenvalue weighted by Crippen LogP contribution is 2.58. The molecule has 1 N–H and O–H groups in total. The number of methoxy groups -OCH3 is 2. The van der Waals surface area contributed by atoms with Crippen molar-refractivity contribution in [1.82, 2.24) is 0 Å². The summed E-state index contributed by atoms with van der Waals surface area (Å²) in [6, 6.07) is 4.34. The van der Waals surface area contributed by atoms with Crippen molar-refractivity contribution in [2.75, 3.05) is 20.8 Å². The molecular formula is C19H28O3. The lowest BCUT2D eigenvalue weighted by molar-refractivity contribution is -0.0179. The number of hydrogen-bond acceptors (Lipinski definition) is 3. The van der Waals surface area contributed by atoms with E-state index < -0.39 is 0 Å². The van der Waals surface area contributed by atoms with Crippen molar-refractivity contribution in [3.8, 4) is 11.5 Å². The maximum Gasteiger partial charge on any atom is 0.161 e. The summed E-state index contributed by atoms with van der Waals surface area (Å²) in [6.45, 7) is 4.94. The van der Waals surface area contributed by atoms with Crippen LogP contribution in [0.5, 0.6) is 11.5 Å². The summed E-state index contributed by atoms with van der Waals surface area (Å²) in [5.41, 5.74) is 2.96. The SMILES string of the molecule is COc1cc2c(cc1OC)[C@@]1(C)CCC[C@](C)(CO)[C@@H]1CC2. The van der Waals surface area contributed by atoms with Gasteiger partial charge in [-0.1, -0.05) is 20.3 Å². The van der Waals surface area contributed by atoms with Gasteiger partial charge in [0.05, 0.1) is 14.2 Å². The minimum atomic E-state index is 0.0395. The highest BCUT2D eigenvalue weighted by atomic mass is 16.5. The molecule has 0 spiro atoms. The van der Waals surface area contributed by atoms with Crippen LogP contribution in [0.15, 0.2) is 12.1 Å². The fourth-order valence-corrected chi connectivity index (χ4v) is 5.12. The molecule has 0 radical (unpaired) electrons. The quantitative estimate of drug-likeness (QED) is 0.925. The molecule has 2 aliphatic carbocycles. The Morgan fingerprint density at radius 3 is 2.45 bits per heavy atom. The van der Waals surface area contributed by atoms with E-state index >= 15 is 0 Å². The molecule has 1 fully saturated rings. The smallest absolute Gasteiger partial charge is 0.161 e. The summed E-state index contributed by atoms with van der Waals surface area (Å²) in [5.74, 6) is 2.17. The van der Waals surface area contributed by atoms with Crippen molar-refractivity contribution in [2.24, 2.45) is 11.3 Å². The van der Waals surface area contributed by atoms with E-state index in [1.54, 1.807) is 14.2 Å². The van der Waals surface area contributed by atoms with Crippen LogP contribution in [0.2, 0.25) is 0 Å². The van der Waals surface area contributed by atoms with Crippen LogP contribution in [0.4, 0.5) is 0 Å². The van der Waals surface area contributed by atoms with Gasteiger partial charge in [-0.2, -0.15) is 0 Å². The Balaban J connectivity index is 2.12. The fraction of sp³-hybridized carbons (Fsp3) is 0.684. The summed E-state index contributed by atoms with van der Waals surface area (Å²) in [7, 11) is 3.40. The highest BCUT2D eigenvalue weighted by Gasteiger charge is 2.51. The van der Waals surface area contributed by atoms with Gasteiger partial charge in [0.25, 0.3) is 0 Å². The van der Waals surface area contributed by atoms with E-state index in [9.17, 15) is 5.11 Å². The summed E-state index contributed by atoms with van der Waals surface area (Å²) in [4.78, 5) is 0. The molecule has 0 amide bonds. The number of fused-ring (bicyclic) bond motifs is 3. The van der Waals surface area contributed by atoms with E-state index in [1.807, 2.05) is 0 Å². The molecule has 1 aromatic carbocycles. The van der Waals surface area contributed by atoms with Gasteiger partial charge in [-0.05, 0) is 65.7 Å². The van der Waals surface area contributed by atoms with Crippen molar-refractivity contribution in [3.63, 3.8) is 0 Å². The number of hydrogen-bond donors (Lipinski definition) is 1. The minimum Gasteiger partial charge on any atom is -0.493 e. The number of aliphatic hydroxyl groups is 1. The molecule has 3 atom stereocenters. The third kappa shape index (κ3) is 2.13. The largest absolute Gasteiger partial charge is 0.493 e. The van der Waals surface area contributed by atoms with E-state index in [4.69, 9.17) is 9.47 Å². The molecule has 0 bridgehead atoms. The van der Waals surface area contributed by atoms with Gasteiger partial charge in [0, 0.05) is 6.61 Å². The van der Waals surface area contributed by atoms with Crippen LogP contribution in [0.25, 0.3) is 0 Å². The Bertz CT molecular complexity index is 568. The number of benzene rings is 1. The van der Waals surface area contributed by atoms with Crippen molar-refractivity contribution in [1.29, 1.82) is 0 Å². The molecule has 0 heterocycles. The zero-order valence-corrected chi connectivity index (χ0v) is 14.2. The first-order chi connectivity index (χ1) is 10.5. The first-order valence-electron chi connectivity index (χ1n) is 8.35. The summed E-state index contributed by atoms with van der Waals surface area (Å²) in [6.07, 6.45) is 5.71. The molecule has 0 aliphatic heterocycles. The van der Waals surface area contributed by atoms with E-state index in [1.165, 1.54) is 24.0 Å². The van der Waals surface area contributed by atoms with Gasteiger partial charge in [-0.15, -0.1) is 0 Å². The second kappa shape index (κ2) is 5.45. The van der Waals surface area contributed by atoms with Gasteiger partial charge in [-0.25, -0.2) is 0 Å². The molecule has 122 valence electrons. The average Bonchev–Trinajstić information content (AvgIpc) is 2.53. The maximum atomic E-state index is 9.99. The van der Waals surface area contributed by atoms with Crippen LogP contribution in [0.3, 0.4) is 0 Å². The van der Waals surface area contributed by atoms with Gasteiger partial charge in [-0.3, -0.25) is 0 Å². The van der Waals surface area contributed by atoms with Gasteiger partial charge < -0.3 is 14.6 Å². The molecular weight excluding hydrogens is 276 g/mol. The van der Waals surface area contributed by atoms with E-state index in [0.717, 1.165) is 30.8 Å². The molecule has 0 unspecified atom stereocenters. The van der Waals surface area contributed by atoms with Gasteiger partial charge in [0.1, 0.15) is 0 Å². The molecule has 3 rings (SSSR count). The third-order valence-corrected chi connectivity index (χ3v) is 6.34. The molecule has 1 aromatic rings. The Labute approximate surface area is 133 Å². The second-order valence-corrected chi connectivity index (χ2v) is 7.54. The maximum absolute atomic E-state index is 9.99. The lowest BCUT2D eigenvalue weighted by atomic mass is 9.50. The highest BCUT2D eigenvalue weighted by molar-refractivity contribution is 5.51. The molecule has 0 aromatic heterocycles. The Morgan fingerprint density at radius 1 is 1.14 bits per heavy atom. The first kappa shape index (κ1) is 15.7. The zero-order chi connectivity index (χ0) is 16.0. The standard InChI is InChI=1S/C19H28O3/c1-18(12-20)8-5-9-19(2)14-11-16(22-4)15(21-3)10-13(14)6-7-17(18)19/h10-11,17,20H,5-9,12H2,1-4H3/t17-,18+,19+/m0/s1. The molecule has 22 heavy (non-hydrogen) atoms. The van der Waals surface area contributed by atoms with Crippen LogP contribution < -0.4 is 9.47 Å². The lowest BCUT2D eigenvalue weighted by Gasteiger charge is -2.55. The van der Waals surface area contributed by atoms with Gasteiger partial charge in [0.15, 0.2) is 11.5 Å². The lowest BCUT2D eigenvalue weighted by Crippen LogP contribution is -2.50. The van der Waals surface area contributed by atoms with Crippen molar-refractivity contribution in [3.05, 3.63) is 23.3 Å². The molecule has 3 nitrogen and oxygen atoms in total. The van der Waals surface area contributed by atoms with Crippen LogP contribution in [-0.2, 0) is 11.8 Å². The summed E-state index contributed by atoms with van der Waals surface area (Å²) >= 11 is 0. The molecule has 2 aliphatic rings. The molecule has 3 heteroatoms. The number of aliphatic hydroxyl groups excluding tert-OH is 1. The average molecular weight is 304 g/mol. The number of aryl methyl sites for hydroxylation is 1. The van der Waals surface area contributed by atoms with Crippen molar-refractivity contribution >= 4 is 0 Å². The third-order valence-electron chi connectivity index (χ3n) is 6.34. The second-order valence-electron chi connectivity index (χ2n) is 7.54. The van der Waals surface area contributed by atoms with Gasteiger partial charge >= 0.3 is 0 Å². The molecule has 0 saturated heterocycles. The Hall–Kier alpha value is -1.22. The number of ether oxygens (including phenoxy) is 2. The van der Waals surface area contributed by atoms with Crippen LogP contribution in [-0.4, -0.2) is 25.9 Å². The predicted octanol–water partition coefficient (Wildman–Crippen LogP) is 3.71. The Kier molecular flexibility index (Phi) is 3.88. The minimum absolute atomic E-state index is 0.0395. The topological polar surface area (TPSA) is 38.7 Å². The van der Waals surface area contributed by atoms with E-state index in [2.05, 4.69) is 26.0 Å². The monoisotopic (exact) mass is 304 g/mol. The number of rotatable bonds is 3. The van der Waals surface area contributed by atoms with Crippen molar-refractivity contribution in [2.45, 2.75) is 51.4 Å². The molecule has 1 saturated carbocycles. The summed E-state index contributed by atoms with van der Waals surface area (Å²) in [5, 5.41) is 9.99. The first-order valence-corrected chi connectivity index (χ1v) is 8.35. The van der Waals surface area contributed by atoms with Crippen LogP contribution in [0, 0.1) is 11.3 Å². The van der Waals surface area contributed by atoms with Crippen LogP contribution in [0.1, 0.15) is 50.7 Å². The van der Waals surface area contributed by atoms with Crippen LogP contribution >= 0.6 is 0 Å². The van der Waals surface area contributed by atoms with E-state index in [-0.39, 0.29) is 17.4 Å².